The predicted octanol–water partition coefficient (Wildman–Crippen LogP) is 4.70. The fourth-order valence-electron chi connectivity index (χ4n) is 5.16. The van der Waals surface area contributed by atoms with E-state index < -0.39 is 16.2 Å². The third-order valence-corrected chi connectivity index (χ3v) is 8.64. The van der Waals surface area contributed by atoms with Crippen LogP contribution in [0, 0.1) is 6.92 Å². The summed E-state index contributed by atoms with van der Waals surface area (Å²) in [6.45, 7) is 5.55. The molecule has 2 heterocycles. The number of aryl methyl sites for hydroxylation is 1. The Labute approximate surface area is 201 Å². The normalized spacial score (nSPS) is 20.6. The second-order valence-electron chi connectivity index (χ2n) is 8.81. The van der Waals surface area contributed by atoms with Crippen molar-refractivity contribution in [3.63, 3.8) is 0 Å². The molecule has 34 heavy (non-hydrogen) atoms. The Morgan fingerprint density at radius 2 is 1.76 bits per heavy atom. The van der Waals surface area contributed by atoms with Gasteiger partial charge in [-0.2, -0.15) is 4.31 Å². The van der Waals surface area contributed by atoms with Gasteiger partial charge in [-0.05, 0) is 61.2 Å². The van der Waals surface area contributed by atoms with Gasteiger partial charge in [0.1, 0.15) is 6.17 Å². The van der Waals surface area contributed by atoms with Crippen LogP contribution in [-0.2, 0) is 16.4 Å². The molecule has 0 radical (unpaired) electrons. The molecule has 5 rings (SSSR count). The molecule has 2 aliphatic heterocycles. The Hall–Kier alpha value is -2.87. The third-order valence-electron chi connectivity index (χ3n) is 6.81. The van der Waals surface area contributed by atoms with Crippen LogP contribution in [0.4, 0.5) is 0 Å². The quantitative estimate of drug-likeness (QED) is 0.514. The van der Waals surface area contributed by atoms with Gasteiger partial charge in [0, 0.05) is 13.1 Å². The zero-order chi connectivity index (χ0) is 23.9. The number of benzene rings is 3. The molecule has 1 fully saturated rings. The lowest BCUT2D eigenvalue weighted by molar-refractivity contribution is 0.154. The van der Waals surface area contributed by atoms with Crippen LogP contribution in [-0.4, -0.2) is 44.4 Å². The number of rotatable bonds is 6. The molecule has 0 N–H and O–H groups in total. The van der Waals surface area contributed by atoms with E-state index >= 15 is 0 Å². The highest BCUT2D eigenvalue weighted by Gasteiger charge is 2.48. The van der Waals surface area contributed by atoms with Gasteiger partial charge in [-0.25, -0.2) is 8.42 Å². The Balaban J connectivity index is 1.63. The maximum Gasteiger partial charge on any atom is 0.244 e. The van der Waals surface area contributed by atoms with Gasteiger partial charge in [0.2, 0.25) is 10.0 Å². The number of methoxy groups -OCH3 is 1. The minimum Gasteiger partial charge on any atom is -0.493 e. The van der Waals surface area contributed by atoms with Gasteiger partial charge >= 0.3 is 0 Å². The number of sulfonamides is 1. The summed E-state index contributed by atoms with van der Waals surface area (Å²) in [5.41, 5.74) is 4.40. The second kappa shape index (κ2) is 9.06. The van der Waals surface area contributed by atoms with E-state index in [2.05, 4.69) is 23.1 Å². The molecule has 1 saturated heterocycles. The van der Waals surface area contributed by atoms with Crippen molar-refractivity contribution in [2.24, 2.45) is 0 Å². The van der Waals surface area contributed by atoms with E-state index in [9.17, 15) is 8.42 Å². The van der Waals surface area contributed by atoms with E-state index in [0.717, 1.165) is 24.1 Å². The van der Waals surface area contributed by atoms with Crippen molar-refractivity contribution in [1.82, 2.24) is 9.21 Å². The molecule has 2 aliphatic rings. The predicted molar refractivity (Wildman–Crippen MR) is 132 cm³/mol. The molecule has 3 aromatic rings. The van der Waals surface area contributed by atoms with Gasteiger partial charge in [0.05, 0.1) is 24.7 Å². The standard InChI is InChI=1S/C27H30N2O4S/c1-4-33-26-17-21(11-14-25(26)32-3)27-28-16-15-20-7-5-6-8-23(20)24(28)18-29(27)34(30,31)22-12-9-19(2)10-13-22/h5-14,17,24,27H,4,15-16,18H2,1-3H3/t24-,27+/m0/s1. The first-order chi connectivity index (χ1) is 16.4. The summed E-state index contributed by atoms with van der Waals surface area (Å²) in [7, 11) is -2.12. The molecule has 6 nitrogen and oxygen atoms in total. The summed E-state index contributed by atoms with van der Waals surface area (Å²) in [6.07, 6.45) is 0.450. The second-order valence-corrected chi connectivity index (χ2v) is 10.7. The van der Waals surface area contributed by atoms with Crippen molar-refractivity contribution in [1.29, 1.82) is 0 Å². The van der Waals surface area contributed by atoms with Crippen molar-refractivity contribution in [3.8, 4) is 11.5 Å². The summed E-state index contributed by atoms with van der Waals surface area (Å²) >= 11 is 0. The van der Waals surface area contributed by atoms with Crippen molar-refractivity contribution in [2.45, 2.75) is 37.4 Å². The first kappa shape index (κ1) is 22.9. The molecule has 0 unspecified atom stereocenters. The first-order valence-electron chi connectivity index (χ1n) is 11.7. The smallest absolute Gasteiger partial charge is 0.244 e. The highest BCUT2D eigenvalue weighted by Crippen LogP contribution is 2.47. The molecule has 7 heteroatoms. The molecule has 0 saturated carbocycles. The summed E-state index contributed by atoms with van der Waals surface area (Å²) in [5.74, 6) is 1.26. The maximum absolute atomic E-state index is 14.0. The van der Waals surface area contributed by atoms with Crippen molar-refractivity contribution < 1.29 is 17.9 Å². The van der Waals surface area contributed by atoms with Crippen molar-refractivity contribution >= 4 is 10.0 Å². The topological polar surface area (TPSA) is 59.1 Å². The zero-order valence-electron chi connectivity index (χ0n) is 19.8. The summed E-state index contributed by atoms with van der Waals surface area (Å²) in [5, 5.41) is 0. The fraction of sp³-hybridized carbons (Fsp3) is 0.333. The van der Waals surface area contributed by atoms with Crippen LogP contribution in [0.2, 0.25) is 0 Å². The third kappa shape index (κ3) is 3.87. The van der Waals surface area contributed by atoms with Crippen LogP contribution in [0.25, 0.3) is 0 Å². The average molecular weight is 479 g/mol. The Morgan fingerprint density at radius 1 is 1.00 bits per heavy atom. The summed E-state index contributed by atoms with van der Waals surface area (Å²) in [6, 6.07) is 21.2. The van der Waals surface area contributed by atoms with Gasteiger partial charge in [-0.15, -0.1) is 0 Å². The lowest BCUT2D eigenvalue weighted by Crippen LogP contribution is -2.37. The lowest BCUT2D eigenvalue weighted by atomic mass is 9.93. The highest BCUT2D eigenvalue weighted by molar-refractivity contribution is 7.89. The maximum atomic E-state index is 14.0. The highest BCUT2D eigenvalue weighted by atomic mass is 32.2. The molecular weight excluding hydrogens is 448 g/mol. The van der Waals surface area contributed by atoms with Gasteiger partial charge in [-0.3, -0.25) is 4.90 Å². The zero-order valence-corrected chi connectivity index (χ0v) is 20.6. The monoisotopic (exact) mass is 478 g/mol. The van der Waals surface area contributed by atoms with Gasteiger partial charge in [0.15, 0.2) is 11.5 Å². The largest absolute Gasteiger partial charge is 0.493 e. The Morgan fingerprint density at radius 3 is 2.50 bits per heavy atom. The Bertz CT molecular complexity index is 1290. The van der Waals surface area contributed by atoms with Crippen molar-refractivity contribution in [2.75, 3.05) is 26.8 Å². The summed E-state index contributed by atoms with van der Waals surface area (Å²) < 4.78 is 40.9. The molecule has 0 amide bonds. The van der Waals surface area contributed by atoms with Crippen LogP contribution in [0.15, 0.2) is 71.6 Å². The van der Waals surface area contributed by atoms with Crippen LogP contribution in [0.5, 0.6) is 11.5 Å². The van der Waals surface area contributed by atoms with E-state index in [1.807, 2.05) is 50.2 Å². The number of nitrogens with zero attached hydrogens (tertiary/aromatic N) is 2. The number of hydrogen-bond donors (Lipinski definition) is 0. The van der Waals surface area contributed by atoms with E-state index in [0.29, 0.717) is 29.5 Å². The summed E-state index contributed by atoms with van der Waals surface area (Å²) in [4.78, 5) is 2.63. The van der Waals surface area contributed by atoms with Gasteiger partial charge in [0.25, 0.3) is 0 Å². The number of hydrogen-bond acceptors (Lipinski definition) is 5. The van der Waals surface area contributed by atoms with E-state index in [1.54, 1.807) is 23.5 Å². The van der Waals surface area contributed by atoms with Gasteiger partial charge < -0.3 is 9.47 Å². The SMILES string of the molecule is CCOc1cc([C@@H]2N3CCc4ccccc4[C@@H]3CN2S(=O)(=O)c2ccc(C)cc2)ccc1OC. The molecule has 2 atom stereocenters. The van der Waals surface area contributed by atoms with E-state index in [-0.39, 0.29) is 6.04 Å². The fourth-order valence-corrected chi connectivity index (χ4v) is 6.75. The average Bonchev–Trinajstić information content (AvgIpc) is 3.25. The van der Waals surface area contributed by atoms with Crippen LogP contribution >= 0.6 is 0 Å². The lowest BCUT2D eigenvalue weighted by Gasteiger charge is -2.36. The van der Waals surface area contributed by atoms with Crippen LogP contribution in [0.3, 0.4) is 0 Å². The van der Waals surface area contributed by atoms with Crippen LogP contribution < -0.4 is 9.47 Å². The van der Waals surface area contributed by atoms with Crippen LogP contribution in [0.1, 0.15) is 41.4 Å². The number of ether oxygens (including phenoxy) is 2. The minimum absolute atomic E-state index is 0.00665. The molecule has 178 valence electrons. The molecule has 0 aromatic heterocycles. The molecule has 0 bridgehead atoms. The first-order valence-corrected chi connectivity index (χ1v) is 13.1. The van der Waals surface area contributed by atoms with E-state index in [4.69, 9.17) is 9.47 Å². The number of fused-ring (bicyclic) bond motifs is 3. The van der Waals surface area contributed by atoms with E-state index in [1.165, 1.54) is 11.1 Å². The molecular formula is C27H30N2O4S. The Kier molecular flexibility index (Phi) is 6.10. The minimum atomic E-state index is -3.73. The van der Waals surface area contributed by atoms with Gasteiger partial charge in [-0.1, -0.05) is 48.0 Å². The van der Waals surface area contributed by atoms with Crippen molar-refractivity contribution in [3.05, 3.63) is 89.0 Å². The molecule has 3 aromatic carbocycles. The molecule has 0 spiro atoms. The molecule has 0 aliphatic carbocycles.